The van der Waals surface area contributed by atoms with Crippen LogP contribution in [0.5, 0.6) is 0 Å². The van der Waals surface area contributed by atoms with Crippen LogP contribution in [0, 0.1) is 5.92 Å². The molecule has 1 fully saturated rings. The summed E-state index contributed by atoms with van der Waals surface area (Å²) in [5.41, 5.74) is 0.00998. The molecule has 1 aliphatic carbocycles. The van der Waals surface area contributed by atoms with Crippen LogP contribution in [0.1, 0.15) is 43.1 Å². The molecular formula is C14H22N4O3. The maximum atomic E-state index is 11.8. The van der Waals surface area contributed by atoms with Crippen molar-refractivity contribution in [2.75, 3.05) is 6.54 Å². The minimum atomic E-state index is -1.05. The molecule has 0 aromatic carbocycles. The average molecular weight is 294 g/mol. The van der Waals surface area contributed by atoms with E-state index in [4.69, 9.17) is 5.11 Å². The van der Waals surface area contributed by atoms with E-state index >= 15 is 0 Å². The number of hydrogen-bond acceptors (Lipinski definition) is 3. The number of carboxylic acid groups (broad SMARTS) is 1. The van der Waals surface area contributed by atoms with Crippen molar-refractivity contribution in [2.24, 2.45) is 5.92 Å². The summed E-state index contributed by atoms with van der Waals surface area (Å²) in [6, 6.07) is 0.112. The van der Waals surface area contributed by atoms with Gasteiger partial charge in [-0.2, -0.15) is 0 Å². The second kappa shape index (κ2) is 7.10. The van der Waals surface area contributed by atoms with E-state index in [1.807, 2.05) is 0 Å². The maximum absolute atomic E-state index is 11.8. The molecule has 0 atom stereocenters. The van der Waals surface area contributed by atoms with Gasteiger partial charge in [0.05, 0.1) is 6.33 Å². The number of nitrogens with one attached hydrogen (secondary N) is 2. The van der Waals surface area contributed by atoms with Crippen LogP contribution in [0.4, 0.5) is 4.79 Å². The standard InChI is InChI=1S/C14H22N4O3/c1-10-2-4-11(5-3-10)17-14(21)15-6-7-18-8-12(13(19)20)16-9-18/h8-11H,2-7H2,1H3,(H,19,20)(H2,15,17,21). The Morgan fingerprint density at radius 1 is 1.38 bits per heavy atom. The van der Waals surface area contributed by atoms with Crippen molar-refractivity contribution in [2.45, 2.75) is 45.2 Å². The molecule has 0 radical (unpaired) electrons. The van der Waals surface area contributed by atoms with Crippen molar-refractivity contribution in [3.8, 4) is 0 Å². The van der Waals surface area contributed by atoms with Gasteiger partial charge in [0.1, 0.15) is 0 Å². The van der Waals surface area contributed by atoms with Gasteiger partial charge >= 0.3 is 12.0 Å². The molecule has 0 bridgehead atoms. The molecule has 7 heteroatoms. The van der Waals surface area contributed by atoms with Gasteiger partial charge in [0.15, 0.2) is 5.69 Å². The van der Waals surface area contributed by atoms with E-state index in [1.165, 1.54) is 12.5 Å². The Labute approximate surface area is 123 Å². The van der Waals surface area contributed by atoms with Gasteiger partial charge in [0.2, 0.25) is 0 Å². The number of hydrogen-bond donors (Lipinski definition) is 3. The highest BCUT2D eigenvalue weighted by Gasteiger charge is 2.19. The molecule has 1 aromatic rings. The molecule has 7 nitrogen and oxygen atoms in total. The van der Waals surface area contributed by atoms with Crippen molar-refractivity contribution < 1.29 is 14.7 Å². The lowest BCUT2D eigenvalue weighted by molar-refractivity contribution is 0.0691. The van der Waals surface area contributed by atoms with Crippen molar-refractivity contribution >= 4 is 12.0 Å². The Morgan fingerprint density at radius 3 is 2.71 bits per heavy atom. The SMILES string of the molecule is CC1CCC(NC(=O)NCCn2cnc(C(=O)O)c2)CC1. The minimum absolute atomic E-state index is 0.00998. The Bertz CT molecular complexity index is 492. The third-order valence-electron chi connectivity index (χ3n) is 3.86. The van der Waals surface area contributed by atoms with E-state index in [2.05, 4.69) is 22.5 Å². The van der Waals surface area contributed by atoms with Crippen LogP contribution in [0.3, 0.4) is 0 Å². The molecule has 116 valence electrons. The molecular weight excluding hydrogens is 272 g/mol. The Hall–Kier alpha value is -2.05. The van der Waals surface area contributed by atoms with Crippen LogP contribution in [0.2, 0.25) is 0 Å². The van der Waals surface area contributed by atoms with Crippen molar-refractivity contribution in [1.29, 1.82) is 0 Å². The minimum Gasteiger partial charge on any atom is -0.476 e. The van der Waals surface area contributed by atoms with Crippen molar-refractivity contribution in [1.82, 2.24) is 20.2 Å². The third-order valence-corrected chi connectivity index (χ3v) is 3.86. The molecule has 0 aliphatic heterocycles. The molecule has 0 saturated heterocycles. The largest absolute Gasteiger partial charge is 0.476 e. The summed E-state index contributed by atoms with van der Waals surface area (Å²) in [5.74, 6) is -0.290. The maximum Gasteiger partial charge on any atom is 0.356 e. The first kappa shape index (κ1) is 15.3. The van der Waals surface area contributed by atoms with Gasteiger partial charge in [-0.1, -0.05) is 6.92 Å². The molecule has 1 heterocycles. The molecule has 1 saturated carbocycles. The second-order valence-corrected chi connectivity index (χ2v) is 5.66. The first-order valence-electron chi connectivity index (χ1n) is 7.34. The van der Waals surface area contributed by atoms with Crippen LogP contribution in [-0.2, 0) is 6.54 Å². The van der Waals surface area contributed by atoms with Crippen molar-refractivity contribution in [3.63, 3.8) is 0 Å². The molecule has 21 heavy (non-hydrogen) atoms. The summed E-state index contributed by atoms with van der Waals surface area (Å²) in [6.07, 6.45) is 7.31. The Morgan fingerprint density at radius 2 is 2.10 bits per heavy atom. The van der Waals surface area contributed by atoms with Crippen LogP contribution in [0.15, 0.2) is 12.5 Å². The van der Waals surface area contributed by atoms with Gasteiger partial charge in [-0.05, 0) is 31.6 Å². The van der Waals surface area contributed by atoms with Gasteiger partial charge in [-0.3, -0.25) is 0 Å². The zero-order valence-electron chi connectivity index (χ0n) is 12.2. The number of carbonyl (C=O) groups excluding carboxylic acids is 1. The Kier molecular flexibility index (Phi) is 5.19. The summed E-state index contributed by atoms with van der Waals surface area (Å²) < 4.78 is 1.64. The molecule has 2 amide bonds. The van der Waals surface area contributed by atoms with Crippen molar-refractivity contribution in [3.05, 3.63) is 18.2 Å². The van der Waals surface area contributed by atoms with E-state index in [0.717, 1.165) is 31.6 Å². The fourth-order valence-corrected chi connectivity index (χ4v) is 2.53. The molecule has 1 aromatic heterocycles. The van der Waals surface area contributed by atoms with E-state index in [9.17, 15) is 9.59 Å². The summed E-state index contributed by atoms with van der Waals surface area (Å²) in [5, 5.41) is 14.5. The van der Waals surface area contributed by atoms with Gasteiger partial charge in [-0.25, -0.2) is 14.6 Å². The fourth-order valence-electron chi connectivity index (χ4n) is 2.53. The van der Waals surface area contributed by atoms with E-state index in [1.54, 1.807) is 4.57 Å². The van der Waals surface area contributed by atoms with E-state index in [0.29, 0.717) is 13.1 Å². The lowest BCUT2D eigenvalue weighted by Gasteiger charge is -2.26. The first-order valence-corrected chi connectivity index (χ1v) is 7.34. The predicted octanol–water partition coefficient (Wildman–Crippen LogP) is 1.46. The van der Waals surface area contributed by atoms with Gasteiger partial charge < -0.3 is 20.3 Å². The number of rotatable bonds is 5. The van der Waals surface area contributed by atoms with Gasteiger partial charge in [0.25, 0.3) is 0 Å². The zero-order valence-corrected chi connectivity index (χ0v) is 12.2. The lowest BCUT2D eigenvalue weighted by Crippen LogP contribution is -2.44. The number of carboxylic acids is 1. The van der Waals surface area contributed by atoms with Gasteiger partial charge in [0, 0.05) is 25.3 Å². The third kappa shape index (κ3) is 4.77. The molecule has 3 N–H and O–H groups in total. The van der Waals surface area contributed by atoms with Crippen LogP contribution in [-0.4, -0.2) is 39.2 Å². The quantitative estimate of drug-likeness (QED) is 0.766. The Balaban J connectivity index is 1.65. The second-order valence-electron chi connectivity index (χ2n) is 5.66. The zero-order chi connectivity index (χ0) is 15.2. The van der Waals surface area contributed by atoms with Gasteiger partial charge in [-0.15, -0.1) is 0 Å². The lowest BCUT2D eigenvalue weighted by atomic mass is 9.87. The number of amides is 2. The number of nitrogens with zero attached hydrogens (tertiary/aromatic N) is 2. The van der Waals surface area contributed by atoms with E-state index in [-0.39, 0.29) is 17.8 Å². The molecule has 0 spiro atoms. The topological polar surface area (TPSA) is 96.3 Å². The predicted molar refractivity (Wildman–Crippen MR) is 77.1 cm³/mol. The highest BCUT2D eigenvalue weighted by atomic mass is 16.4. The highest BCUT2D eigenvalue weighted by Crippen LogP contribution is 2.23. The molecule has 0 unspecified atom stereocenters. The number of aromatic nitrogens is 2. The monoisotopic (exact) mass is 294 g/mol. The normalized spacial score (nSPS) is 21.8. The number of imidazole rings is 1. The van der Waals surface area contributed by atoms with Crippen LogP contribution < -0.4 is 10.6 Å². The summed E-state index contributed by atoms with van der Waals surface area (Å²) >= 11 is 0. The highest BCUT2D eigenvalue weighted by molar-refractivity contribution is 5.84. The molecule has 1 aliphatic rings. The first-order chi connectivity index (χ1) is 10.0. The number of urea groups is 1. The fraction of sp³-hybridized carbons (Fsp3) is 0.643. The average Bonchev–Trinajstić information content (AvgIpc) is 2.90. The van der Waals surface area contributed by atoms with Crippen LogP contribution >= 0.6 is 0 Å². The smallest absolute Gasteiger partial charge is 0.356 e. The molecule has 2 rings (SSSR count). The summed E-state index contributed by atoms with van der Waals surface area (Å²) in [4.78, 5) is 26.2. The number of carbonyl (C=O) groups is 2. The summed E-state index contributed by atoms with van der Waals surface area (Å²) in [7, 11) is 0. The van der Waals surface area contributed by atoms with Crippen LogP contribution in [0.25, 0.3) is 0 Å². The number of aromatic carboxylic acids is 1. The summed E-state index contributed by atoms with van der Waals surface area (Å²) in [6.45, 7) is 3.17. The van der Waals surface area contributed by atoms with E-state index < -0.39 is 5.97 Å².